The highest BCUT2D eigenvalue weighted by Crippen LogP contribution is 2.22. The zero-order valence-corrected chi connectivity index (χ0v) is 11.9. The van der Waals surface area contributed by atoms with Crippen LogP contribution in [-0.2, 0) is 4.79 Å². The minimum atomic E-state index is 0.168. The van der Waals surface area contributed by atoms with E-state index in [0.29, 0.717) is 6.04 Å². The van der Waals surface area contributed by atoms with Crippen molar-refractivity contribution in [2.45, 2.75) is 32.7 Å². The topological polar surface area (TPSA) is 62.5 Å². The molecule has 1 saturated heterocycles. The molecule has 1 aliphatic heterocycles. The number of nitrogens with one attached hydrogen (secondary N) is 1. The maximum absolute atomic E-state index is 11.3. The van der Waals surface area contributed by atoms with Crippen molar-refractivity contribution in [3.8, 4) is 0 Å². The Kier molecular flexibility index (Phi) is 3.14. The number of hydrogen-bond donors (Lipinski definition) is 1. The molecule has 0 bridgehead atoms. The molecule has 1 amide bonds. The van der Waals surface area contributed by atoms with E-state index >= 15 is 0 Å². The Bertz CT molecular complexity index is 565. The molecule has 0 saturated carbocycles. The number of aryl methyl sites for hydroxylation is 1. The fraction of sp³-hybridized carbons (Fsp3) is 0.583. The smallest absolute Gasteiger partial charge is 0.219 e. The van der Waals surface area contributed by atoms with Crippen LogP contribution in [-0.4, -0.2) is 44.5 Å². The van der Waals surface area contributed by atoms with Gasteiger partial charge in [0.1, 0.15) is 0 Å². The van der Waals surface area contributed by atoms with Crippen LogP contribution in [0.25, 0.3) is 4.96 Å². The first kappa shape index (κ1) is 12.4. The zero-order chi connectivity index (χ0) is 13.4. The quantitative estimate of drug-likeness (QED) is 0.905. The monoisotopic (exact) mass is 279 g/mol. The van der Waals surface area contributed by atoms with Crippen molar-refractivity contribution in [2.75, 3.05) is 18.4 Å². The Morgan fingerprint density at radius 2 is 2.21 bits per heavy atom. The summed E-state index contributed by atoms with van der Waals surface area (Å²) in [6.45, 7) is 5.25. The van der Waals surface area contributed by atoms with Gasteiger partial charge in [-0.3, -0.25) is 4.79 Å². The van der Waals surface area contributed by atoms with Crippen LogP contribution in [0.5, 0.6) is 0 Å². The standard InChI is InChI=1S/C12H17N5OS/c1-8-7-17-12(13-8)19-11(15-17)14-10-3-5-16(6-4-10)9(2)18/h7,10H,3-6H2,1-2H3,(H,14,15). The number of fused-ring (bicyclic) bond motifs is 1. The Morgan fingerprint density at radius 1 is 1.47 bits per heavy atom. The number of nitrogens with zero attached hydrogens (tertiary/aromatic N) is 4. The van der Waals surface area contributed by atoms with Gasteiger partial charge in [0.25, 0.3) is 0 Å². The van der Waals surface area contributed by atoms with Crippen molar-refractivity contribution >= 4 is 27.3 Å². The molecule has 0 aromatic carbocycles. The van der Waals surface area contributed by atoms with Gasteiger partial charge in [-0.1, -0.05) is 11.3 Å². The second-order valence-corrected chi connectivity index (χ2v) is 5.90. The molecule has 0 unspecified atom stereocenters. The van der Waals surface area contributed by atoms with Gasteiger partial charge in [0.15, 0.2) is 0 Å². The summed E-state index contributed by atoms with van der Waals surface area (Å²) >= 11 is 1.57. The van der Waals surface area contributed by atoms with Crippen molar-refractivity contribution in [3.05, 3.63) is 11.9 Å². The summed E-state index contributed by atoms with van der Waals surface area (Å²) < 4.78 is 1.81. The molecular weight excluding hydrogens is 262 g/mol. The minimum absolute atomic E-state index is 0.168. The molecule has 0 spiro atoms. The van der Waals surface area contributed by atoms with Gasteiger partial charge in [0.2, 0.25) is 16.0 Å². The number of carbonyl (C=O) groups excluding carboxylic acids is 1. The highest BCUT2D eigenvalue weighted by molar-refractivity contribution is 7.20. The van der Waals surface area contributed by atoms with Gasteiger partial charge in [-0.05, 0) is 19.8 Å². The van der Waals surface area contributed by atoms with E-state index in [2.05, 4.69) is 15.4 Å². The summed E-state index contributed by atoms with van der Waals surface area (Å²) in [6.07, 6.45) is 3.87. The van der Waals surface area contributed by atoms with E-state index in [0.717, 1.165) is 41.7 Å². The molecule has 7 heteroatoms. The number of piperidine rings is 1. The van der Waals surface area contributed by atoms with E-state index in [-0.39, 0.29) is 5.91 Å². The van der Waals surface area contributed by atoms with Gasteiger partial charge in [-0.2, -0.15) is 0 Å². The third-order valence-corrected chi connectivity index (χ3v) is 4.29. The maximum Gasteiger partial charge on any atom is 0.219 e. The predicted molar refractivity (Wildman–Crippen MR) is 74.5 cm³/mol. The Labute approximate surface area is 115 Å². The molecule has 0 atom stereocenters. The van der Waals surface area contributed by atoms with Gasteiger partial charge in [0.05, 0.1) is 11.9 Å². The highest BCUT2D eigenvalue weighted by Gasteiger charge is 2.21. The van der Waals surface area contributed by atoms with Crippen molar-refractivity contribution in [2.24, 2.45) is 0 Å². The molecule has 2 aromatic heterocycles. The first-order valence-electron chi connectivity index (χ1n) is 6.46. The molecule has 6 nitrogen and oxygen atoms in total. The van der Waals surface area contributed by atoms with E-state index in [1.54, 1.807) is 18.3 Å². The molecule has 1 N–H and O–H groups in total. The predicted octanol–water partition coefficient (Wildman–Crippen LogP) is 1.52. The first-order valence-corrected chi connectivity index (χ1v) is 7.28. The lowest BCUT2D eigenvalue weighted by Crippen LogP contribution is -2.41. The summed E-state index contributed by atoms with van der Waals surface area (Å²) in [5, 5.41) is 8.81. The van der Waals surface area contributed by atoms with Crippen molar-refractivity contribution < 1.29 is 4.79 Å². The van der Waals surface area contributed by atoms with Crippen LogP contribution in [0.1, 0.15) is 25.5 Å². The molecule has 1 aliphatic rings. The fourth-order valence-corrected chi connectivity index (χ4v) is 3.28. The molecule has 102 valence electrons. The normalized spacial score (nSPS) is 17.1. The molecule has 3 heterocycles. The molecule has 3 rings (SSSR count). The second-order valence-electron chi connectivity index (χ2n) is 4.94. The first-order chi connectivity index (χ1) is 9.11. The molecular formula is C12H17N5OS. The van der Waals surface area contributed by atoms with E-state index in [1.165, 1.54) is 0 Å². The molecule has 0 radical (unpaired) electrons. The Hall–Kier alpha value is -1.63. The van der Waals surface area contributed by atoms with Crippen molar-refractivity contribution in [1.82, 2.24) is 19.5 Å². The Morgan fingerprint density at radius 3 is 2.84 bits per heavy atom. The Balaban J connectivity index is 1.62. The van der Waals surface area contributed by atoms with Gasteiger partial charge >= 0.3 is 0 Å². The van der Waals surface area contributed by atoms with Crippen LogP contribution in [0.4, 0.5) is 5.13 Å². The van der Waals surface area contributed by atoms with E-state index in [1.807, 2.05) is 22.5 Å². The third-order valence-electron chi connectivity index (χ3n) is 3.43. The average molecular weight is 279 g/mol. The number of carbonyl (C=O) groups is 1. The summed E-state index contributed by atoms with van der Waals surface area (Å²) in [5.74, 6) is 0.168. The van der Waals surface area contributed by atoms with Crippen molar-refractivity contribution in [1.29, 1.82) is 0 Å². The summed E-state index contributed by atoms with van der Waals surface area (Å²) in [4.78, 5) is 18.5. The highest BCUT2D eigenvalue weighted by atomic mass is 32.1. The average Bonchev–Trinajstić information content (AvgIpc) is 2.86. The fourth-order valence-electron chi connectivity index (χ4n) is 2.38. The molecule has 2 aromatic rings. The lowest BCUT2D eigenvalue weighted by molar-refractivity contribution is -0.129. The number of imidazole rings is 1. The number of likely N-dealkylation sites (tertiary alicyclic amines) is 1. The van der Waals surface area contributed by atoms with Crippen LogP contribution < -0.4 is 5.32 Å². The van der Waals surface area contributed by atoms with Crippen LogP contribution in [0.3, 0.4) is 0 Å². The van der Waals surface area contributed by atoms with Crippen LogP contribution in [0, 0.1) is 6.92 Å². The maximum atomic E-state index is 11.3. The third kappa shape index (κ3) is 2.56. The van der Waals surface area contributed by atoms with E-state index < -0.39 is 0 Å². The summed E-state index contributed by atoms with van der Waals surface area (Å²) in [6, 6.07) is 0.396. The second kappa shape index (κ2) is 4.80. The van der Waals surface area contributed by atoms with Gasteiger partial charge in [0, 0.05) is 26.1 Å². The SMILES string of the molecule is CC(=O)N1CCC(Nc2nn3cc(C)nc3s2)CC1. The number of aromatic nitrogens is 3. The number of hydrogen-bond acceptors (Lipinski definition) is 5. The van der Waals surface area contributed by atoms with E-state index in [4.69, 9.17) is 0 Å². The van der Waals surface area contributed by atoms with Crippen LogP contribution in [0.2, 0.25) is 0 Å². The minimum Gasteiger partial charge on any atom is -0.357 e. The summed E-state index contributed by atoms with van der Waals surface area (Å²) in [7, 11) is 0. The van der Waals surface area contributed by atoms with Crippen molar-refractivity contribution in [3.63, 3.8) is 0 Å². The van der Waals surface area contributed by atoms with Gasteiger partial charge < -0.3 is 10.2 Å². The number of amides is 1. The summed E-state index contributed by atoms with van der Waals surface area (Å²) in [5.41, 5.74) is 0.986. The zero-order valence-electron chi connectivity index (χ0n) is 11.1. The molecule has 0 aliphatic carbocycles. The van der Waals surface area contributed by atoms with Crippen LogP contribution in [0.15, 0.2) is 6.20 Å². The number of rotatable bonds is 2. The van der Waals surface area contributed by atoms with Crippen LogP contribution >= 0.6 is 11.3 Å². The number of anilines is 1. The van der Waals surface area contributed by atoms with E-state index in [9.17, 15) is 4.79 Å². The molecule has 1 fully saturated rings. The van der Waals surface area contributed by atoms with Gasteiger partial charge in [-0.25, -0.2) is 9.50 Å². The van der Waals surface area contributed by atoms with Gasteiger partial charge in [-0.15, -0.1) is 5.10 Å². The largest absolute Gasteiger partial charge is 0.357 e. The lowest BCUT2D eigenvalue weighted by atomic mass is 10.1. The lowest BCUT2D eigenvalue weighted by Gasteiger charge is -2.31. The molecule has 19 heavy (non-hydrogen) atoms.